The van der Waals surface area contributed by atoms with Crippen LogP contribution in [0.15, 0.2) is 0 Å². The lowest BCUT2D eigenvalue weighted by molar-refractivity contribution is 0.0934. The van der Waals surface area contributed by atoms with Gasteiger partial charge in [-0.25, -0.2) is 0 Å². The van der Waals surface area contributed by atoms with Gasteiger partial charge < -0.3 is 11.1 Å². The molecule has 5 nitrogen and oxygen atoms in total. The molecule has 0 aliphatic carbocycles. The van der Waals surface area contributed by atoms with E-state index in [2.05, 4.69) is 29.4 Å². The van der Waals surface area contributed by atoms with Gasteiger partial charge in [0.2, 0.25) is 10.1 Å². The van der Waals surface area contributed by atoms with Crippen molar-refractivity contribution in [2.45, 2.75) is 39.7 Å². The summed E-state index contributed by atoms with van der Waals surface area (Å²) >= 11 is 1.11. The molecule has 16 heavy (non-hydrogen) atoms. The molecule has 0 saturated carbocycles. The number of nitrogen functional groups attached to an aromatic ring is 1. The van der Waals surface area contributed by atoms with Gasteiger partial charge in [-0.2, -0.15) is 0 Å². The van der Waals surface area contributed by atoms with Crippen LogP contribution in [0, 0.1) is 5.92 Å². The van der Waals surface area contributed by atoms with E-state index in [1.165, 1.54) is 0 Å². The Morgan fingerprint density at radius 1 is 1.50 bits per heavy atom. The number of carbonyl (C=O) groups excluding carboxylic acids is 1. The average Bonchev–Trinajstić information content (AvgIpc) is 2.64. The zero-order valence-corrected chi connectivity index (χ0v) is 10.7. The first-order chi connectivity index (χ1) is 7.52. The smallest absolute Gasteiger partial charge is 0.282 e. The first-order valence-electron chi connectivity index (χ1n) is 5.42. The second-order valence-electron chi connectivity index (χ2n) is 4.07. The molecule has 1 heterocycles. The average molecular weight is 242 g/mol. The fourth-order valence-electron chi connectivity index (χ4n) is 1.44. The van der Waals surface area contributed by atoms with E-state index in [4.69, 9.17) is 5.73 Å². The molecule has 3 N–H and O–H groups in total. The summed E-state index contributed by atoms with van der Waals surface area (Å²) < 4.78 is 0. The maximum Gasteiger partial charge on any atom is 0.282 e. The van der Waals surface area contributed by atoms with Crippen molar-refractivity contribution in [3.05, 3.63) is 5.01 Å². The topological polar surface area (TPSA) is 80.9 Å². The third-order valence-electron chi connectivity index (χ3n) is 2.47. The molecule has 0 aliphatic rings. The third kappa shape index (κ3) is 3.77. The van der Waals surface area contributed by atoms with Crippen molar-refractivity contribution in [2.24, 2.45) is 5.92 Å². The molecular weight excluding hydrogens is 224 g/mol. The lowest BCUT2D eigenvalue weighted by Crippen LogP contribution is -2.33. The summed E-state index contributed by atoms with van der Waals surface area (Å²) in [4.78, 5) is 11.7. The quantitative estimate of drug-likeness (QED) is 0.823. The summed E-state index contributed by atoms with van der Waals surface area (Å²) in [6.07, 6.45) is 2.09. The number of amides is 1. The fourth-order valence-corrected chi connectivity index (χ4v) is 1.95. The molecule has 1 amide bonds. The summed E-state index contributed by atoms with van der Waals surface area (Å²) in [6.45, 7) is 6.31. The van der Waals surface area contributed by atoms with Crippen molar-refractivity contribution >= 4 is 22.4 Å². The van der Waals surface area contributed by atoms with E-state index < -0.39 is 0 Å². The summed E-state index contributed by atoms with van der Waals surface area (Å²) in [5.74, 6) is 0.416. The second kappa shape index (κ2) is 5.79. The highest BCUT2D eigenvalue weighted by molar-refractivity contribution is 7.16. The Bertz CT molecular complexity index is 352. The molecule has 0 bridgehead atoms. The fraction of sp³-hybridized carbons (Fsp3) is 0.700. The molecule has 0 radical (unpaired) electrons. The van der Waals surface area contributed by atoms with Crippen molar-refractivity contribution < 1.29 is 4.79 Å². The summed E-state index contributed by atoms with van der Waals surface area (Å²) in [5, 5.41) is 10.8. The molecule has 0 aromatic carbocycles. The molecule has 1 aromatic heterocycles. The van der Waals surface area contributed by atoms with Gasteiger partial charge in [0.15, 0.2) is 0 Å². The maximum atomic E-state index is 11.7. The van der Waals surface area contributed by atoms with Crippen molar-refractivity contribution in [3.8, 4) is 0 Å². The number of nitrogens with two attached hydrogens (primary N) is 1. The van der Waals surface area contributed by atoms with Crippen LogP contribution in [0.25, 0.3) is 0 Å². The highest BCUT2D eigenvalue weighted by Crippen LogP contribution is 2.13. The number of hydrogen-bond donors (Lipinski definition) is 2. The van der Waals surface area contributed by atoms with Gasteiger partial charge in [-0.05, 0) is 19.3 Å². The summed E-state index contributed by atoms with van der Waals surface area (Å²) in [5.41, 5.74) is 5.41. The predicted octanol–water partition coefficient (Wildman–Crippen LogP) is 1.67. The Labute approximate surface area is 99.5 Å². The van der Waals surface area contributed by atoms with E-state index >= 15 is 0 Å². The van der Waals surface area contributed by atoms with Gasteiger partial charge in [0.05, 0.1) is 0 Å². The first-order valence-corrected chi connectivity index (χ1v) is 6.24. The van der Waals surface area contributed by atoms with Crippen LogP contribution < -0.4 is 11.1 Å². The van der Waals surface area contributed by atoms with Gasteiger partial charge in [-0.15, -0.1) is 10.2 Å². The normalized spacial score (nSPS) is 14.4. The molecule has 90 valence electrons. The predicted molar refractivity (Wildman–Crippen MR) is 65.3 cm³/mol. The van der Waals surface area contributed by atoms with Crippen molar-refractivity contribution in [2.75, 3.05) is 5.73 Å². The first kappa shape index (κ1) is 12.9. The van der Waals surface area contributed by atoms with Crippen LogP contribution in [0.4, 0.5) is 5.13 Å². The van der Waals surface area contributed by atoms with Crippen LogP contribution in [0.2, 0.25) is 0 Å². The molecule has 2 unspecified atom stereocenters. The van der Waals surface area contributed by atoms with E-state index in [0.29, 0.717) is 16.1 Å². The van der Waals surface area contributed by atoms with Gasteiger partial charge >= 0.3 is 0 Å². The molecule has 0 fully saturated rings. The minimum atomic E-state index is -0.190. The Morgan fingerprint density at radius 3 is 2.69 bits per heavy atom. The van der Waals surface area contributed by atoms with E-state index in [9.17, 15) is 4.79 Å². The van der Waals surface area contributed by atoms with Gasteiger partial charge in [0.1, 0.15) is 0 Å². The molecule has 6 heteroatoms. The largest absolute Gasteiger partial charge is 0.374 e. The van der Waals surface area contributed by atoms with Crippen LogP contribution >= 0.6 is 11.3 Å². The number of anilines is 1. The minimum absolute atomic E-state index is 0.146. The van der Waals surface area contributed by atoms with Gasteiger partial charge in [-0.1, -0.05) is 31.6 Å². The maximum absolute atomic E-state index is 11.7. The third-order valence-corrected chi connectivity index (χ3v) is 3.22. The minimum Gasteiger partial charge on any atom is -0.374 e. The lowest BCUT2D eigenvalue weighted by atomic mass is 10.0. The zero-order chi connectivity index (χ0) is 12.1. The van der Waals surface area contributed by atoms with Crippen molar-refractivity contribution in [1.29, 1.82) is 0 Å². The number of nitrogens with one attached hydrogen (secondary N) is 1. The Balaban J connectivity index is 2.45. The van der Waals surface area contributed by atoms with Crippen LogP contribution in [-0.4, -0.2) is 22.1 Å². The zero-order valence-electron chi connectivity index (χ0n) is 9.86. The number of rotatable bonds is 5. The molecular formula is C10H18N4OS. The molecule has 2 atom stereocenters. The molecule has 0 spiro atoms. The Morgan fingerprint density at radius 2 is 2.19 bits per heavy atom. The summed E-state index contributed by atoms with van der Waals surface area (Å²) in [7, 11) is 0. The van der Waals surface area contributed by atoms with Crippen LogP contribution in [0.3, 0.4) is 0 Å². The van der Waals surface area contributed by atoms with Crippen LogP contribution in [0.5, 0.6) is 0 Å². The number of aromatic nitrogens is 2. The van der Waals surface area contributed by atoms with Gasteiger partial charge in [-0.3, -0.25) is 4.79 Å². The highest BCUT2D eigenvalue weighted by Gasteiger charge is 2.15. The number of carbonyl (C=O) groups is 1. The molecule has 1 aromatic rings. The van der Waals surface area contributed by atoms with Crippen LogP contribution in [-0.2, 0) is 0 Å². The second-order valence-corrected chi connectivity index (χ2v) is 5.08. The monoisotopic (exact) mass is 242 g/mol. The van der Waals surface area contributed by atoms with E-state index in [0.717, 1.165) is 24.2 Å². The van der Waals surface area contributed by atoms with E-state index in [-0.39, 0.29) is 11.9 Å². The highest BCUT2D eigenvalue weighted by atomic mass is 32.1. The van der Waals surface area contributed by atoms with Gasteiger partial charge in [0, 0.05) is 6.04 Å². The Hall–Kier alpha value is -1.17. The lowest BCUT2D eigenvalue weighted by Gasteiger charge is -2.16. The van der Waals surface area contributed by atoms with E-state index in [1.807, 2.05) is 6.92 Å². The van der Waals surface area contributed by atoms with Crippen molar-refractivity contribution in [3.63, 3.8) is 0 Å². The molecule has 0 aliphatic heterocycles. The SMILES string of the molecule is CCC(C)CC(C)NC(=O)c1nnc(N)s1. The van der Waals surface area contributed by atoms with Crippen LogP contribution in [0.1, 0.15) is 43.4 Å². The van der Waals surface area contributed by atoms with E-state index in [1.54, 1.807) is 0 Å². The Kier molecular flexibility index (Phi) is 4.67. The number of hydrogen-bond acceptors (Lipinski definition) is 5. The number of nitrogens with zero attached hydrogens (tertiary/aromatic N) is 2. The van der Waals surface area contributed by atoms with Gasteiger partial charge in [0.25, 0.3) is 5.91 Å². The standard InChI is InChI=1S/C10H18N4OS/c1-4-6(2)5-7(3)12-8(15)9-13-14-10(11)16-9/h6-7H,4-5H2,1-3H3,(H2,11,14)(H,12,15). The molecule has 0 saturated heterocycles. The van der Waals surface area contributed by atoms with Crippen molar-refractivity contribution in [1.82, 2.24) is 15.5 Å². The summed E-state index contributed by atoms with van der Waals surface area (Å²) in [6, 6.07) is 0.146. The molecule has 1 rings (SSSR count).